The van der Waals surface area contributed by atoms with E-state index in [1.807, 2.05) is 0 Å². The Balaban J connectivity index is 1.81. The largest absolute Gasteiger partial charge is 0.415 e. The number of hydrogen-bond donors (Lipinski definition) is 3. The number of rotatable bonds is 2. The lowest BCUT2D eigenvalue weighted by molar-refractivity contribution is -0.134. The zero-order valence-corrected chi connectivity index (χ0v) is 18.6. The van der Waals surface area contributed by atoms with E-state index in [-0.39, 0.29) is 35.6 Å². The first-order chi connectivity index (χ1) is 15.0. The standard InChI is InChI=1S/C23H29N3O6/c1-22(2,3)23(31)14-8-9-15(32-21(30)26-11-5-4-6-12-26)17(18(14)20(29)25-23)13-7-10-16(27)24-19(13)28/h8-9,13,31H,4-7,10-12H2,1-3H3,(H,25,29)(H,24,27,28). The third kappa shape index (κ3) is 3.64. The number of nitrogens with zero attached hydrogens (tertiary/aromatic N) is 1. The first-order valence-corrected chi connectivity index (χ1v) is 11.1. The third-order valence-corrected chi connectivity index (χ3v) is 6.60. The third-order valence-electron chi connectivity index (χ3n) is 6.60. The van der Waals surface area contributed by atoms with Crippen LogP contribution in [0.1, 0.15) is 80.3 Å². The van der Waals surface area contributed by atoms with Crippen molar-refractivity contribution in [2.24, 2.45) is 5.41 Å². The Labute approximate surface area is 186 Å². The average Bonchev–Trinajstić information content (AvgIpc) is 3.00. The van der Waals surface area contributed by atoms with Crippen molar-refractivity contribution < 1.29 is 29.0 Å². The Morgan fingerprint density at radius 3 is 2.47 bits per heavy atom. The van der Waals surface area contributed by atoms with Gasteiger partial charge in [-0.1, -0.05) is 20.8 Å². The number of likely N-dealkylation sites (tertiary alicyclic amines) is 1. The lowest BCUT2D eigenvalue weighted by Crippen LogP contribution is -2.49. The quantitative estimate of drug-likeness (QED) is 0.602. The molecule has 9 heteroatoms. The van der Waals surface area contributed by atoms with Crippen molar-refractivity contribution in [3.63, 3.8) is 0 Å². The van der Waals surface area contributed by atoms with Crippen LogP contribution in [0.15, 0.2) is 12.1 Å². The maximum atomic E-state index is 13.1. The Morgan fingerprint density at radius 1 is 1.16 bits per heavy atom. The van der Waals surface area contributed by atoms with Gasteiger partial charge in [-0.15, -0.1) is 0 Å². The van der Waals surface area contributed by atoms with E-state index in [1.54, 1.807) is 31.7 Å². The number of imide groups is 1. The van der Waals surface area contributed by atoms with E-state index in [0.717, 1.165) is 19.3 Å². The Morgan fingerprint density at radius 2 is 1.84 bits per heavy atom. The average molecular weight is 444 g/mol. The van der Waals surface area contributed by atoms with E-state index in [9.17, 15) is 24.3 Å². The van der Waals surface area contributed by atoms with Gasteiger partial charge in [0, 0.05) is 36.1 Å². The minimum Gasteiger partial charge on any atom is -0.410 e. The lowest BCUT2D eigenvalue weighted by atomic mass is 9.77. The van der Waals surface area contributed by atoms with Gasteiger partial charge in [-0.05, 0) is 37.8 Å². The molecule has 2 unspecified atom stereocenters. The number of amides is 4. The van der Waals surface area contributed by atoms with Crippen LogP contribution in [0.25, 0.3) is 0 Å². The molecule has 0 radical (unpaired) electrons. The highest BCUT2D eigenvalue weighted by atomic mass is 16.6. The number of aliphatic hydroxyl groups is 1. The molecule has 3 aliphatic rings. The summed E-state index contributed by atoms with van der Waals surface area (Å²) in [6.07, 6.45) is 2.57. The van der Waals surface area contributed by atoms with Gasteiger partial charge in [0.25, 0.3) is 5.91 Å². The molecule has 3 aliphatic heterocycles. The first kappa shape index (κ1) is 22.3. The minimum absolute atomic E-state index is 0.0992. The van der Waals surface area contributed by atoms with Gasteiger partial charge in [-0.3, -0.25) is 19.7 Å². The molecule has 2 saturated heterocycles. The molecule has 0 aliphatic carbocycles. The summed E-state index contributed by atoms with van der Waals surface area (Å²) >= 11 is 0. The molecule has 9 nitrogen and oxygen atoms in total. The first-order valence-electron chi connectivity index (χ1n) is 11.1. The van der Waals surface area contributed by atoms with Crippen molar-refractivity contribution in [3.05, 3.63) is 28.8 Å². The van der Waals surface area contributed by atoms with Crippen LogP contribution >= 0.6 is 0 Å². The maximum Gasteiger partial charge on any atom is 0.415 e. The van der Waals surface area contributed by atoms with Crippen LogP contribution in [-0.2, 0) is 15.3 Å². The van der Waals surface area contributed by atoms with Crippen LogP contribution in [0.5, 0.6) is 5.75 Å². The molecule has 2 fully saturated rings. The Kier molecular flexibility index (Phi) is 5.48. The molecule has 4 amide bonds. The fourth-order valence-corrected chi connectivity index (χ4v) is 4.67. The van der Waals surface area contributed by atoms with Crippen LogP contribution in [0.3, 0.4) is 0 Å². The van der Waals surface area contributed by atoms with Gasteiger partial charge in [0.15, 0.2) is 5.72 Å². The van der Waals surface area contributed by atoms with Gasteiger partial charge in [0.05, 0.1) is 11.5 Å². The van der Waals surface area contributed by atoms with E-state index >= 15 is 0 Å². The zero-order chi connectivity index (χ0) is 23.3. The van der Waals surface area contributed by atoms with Crippen molar-refractivity contribution in [2.45, 2.75) is 64.5 Å². The Bertz CT molecular complexity index is 992. The van der Waals surface area contributed by atoms with Crippen molar-refractivity contribution in [1.29, 1.82) is 0 Å². The lowest BCUT2D eigenvalue weighted by Gasteiger charge is -2.37. The van der Waals surface area contributed by atoms with E-state index in [2.05, 4.69) is 10.6 Å². The topological polar surface area (TPSA) is 125 Å². The molecule has 172 valence electrons. The number of carbonyl (C=O) groups is 4. The van der Waals surface area contributed by atoms with Gasteiger partial charge in [-0.25, -0.2) is 4.79 Å². The highest BCUT2D eigenvalue weighted by Gasteiger charge is 2.52. The van der Waals surface area contributed by atoms with Crippen LogP contribution in [0.4, 0.5) is 4.79 Å². The molecule has 0 bridgehead atoms. The van der Waals surface area contributed by atoms with Crippen molar-refractivity contribution >= 4 is 23.8 Å². The Hall–Kier alpha value is -2.94. The predicted octanol–water partition coefficient (Wildman–Crippen LogP) is 2.13. The molecular formula is C23H29N3O6. The van der Waals surface area contributed by atoms with Crippen molar-refractivity contribution in [2.75, 3.05) is 13.1 Å². The molecule has 0 aromatic heterocycles. The molecule has 4 rings (SSSR count). The summed E-state index contributed by atoms with van der Waals surface area (Å²) in [5, 5.41) is 16.3. The summed E-state index contributed by atoms with van der Waals surface area (Å²) < 4.78 is 5.70. The maximum absolute atomic E-state index is 13.1. The fourth-order valence-electron chi connectivity index (χ4n) is 4.67. The van der Waals surface area contributed by atoms with E-state index in [1.165, 1.54) is 6.07 Å². The SMILES string of the molecule is CC(C)(C)C1(O)NC(=O)c2c1ccc(OC(=O)N1CCCCC1)c2C1CCC(=O)NC1=O. The molecule has 1 aromatic rings. The molecule has 32 heavy (non-hydrogen) atoms. The van der Waals surface area contributed by atoms with Gasteiger partial charge in [0.1, 0.15) is 5.75 Å². The minimum atomic E-state index is -1.66. The summed E-state index contributed by atoms with van der Waals surface area (Å²) in [6, 6.07) is 3.09. The zero-order valence-electron chi connectivity index (χ0n) is 18.6. The van der Waals surface area contributed by atoms with Gasteiger partial charge in [0.2, 0.25) is 11.8 Å². The fraction of sp³-hybridized carbons (Fsp3) is 0.565. The second-order valence-corrected chi connectivity index (χ2v) is 9.73. The number of nitrogens with one attached hydrogen (secondary N) is 2. The monoisotopic (exact) mass is 443 g/mol. The normalized spacial score (nSPS) is 25.8. The molecule has 0 spiro atoms. The summed E-state index contributed by atoms with van der Waals surface area (Å²) in [5.74, 6) is -2.25. The number of carbonyl (C=O) groups excluding carboxylic acids is 4. The van der Waals surface area contributed by atoms with Crippen LogP contribution < -0.4 is 15.4 Å². The number of benzene rings is 1. The van der Waals surface area contributed by atoms with E-state index in [4.69, 9.17) is 4.74 Å². The molecule has 3 heterocycles. The summed E-state index contributed by atoms with van der Waals surface area (Å²) in [6.45, 7) is 6.54. The van der Waals surface area contributed by atoms with Gasteiger partial charge >= 0.3 is 6.09 Å². The van der Waals surface area contributed by atoms with Crippen LogP contribution in [-0.4, -0.2) is 46.9 Å². The summed E-state index contributed by atoms with van der Waals surface area (Å²) in [7, 11) is 0. The van der Waals surface area contributed by atoms with Gasteiger partial charge in [-0.2, -0.15) is 0 Å². The van der Waals surface area contributed by atoms with Crippen LogP contribution in [0.2, 0.25) is 0 Å². The highest BCUT2D eigenvalue weighted by molar-refractivity contribution is 6.06. The van der Waals surface area contributed by atoms with Crippen LogP contribution in [0, 0.1) is 5.41 Å². The molecule has 3 N–H and O–H groups in total. The molecular weight excluding hydrogens is 414 g/mol. The number of ether oxygens (including phenoxy) is 1. The molecule has 1 aromatic carbocycles. The van der Waals surface area contributed by atoms with Crippen molar-refractivity contribution in [1.82, 2.24) is 15.5 Å². The van der Waals surface area contributed by atoms with Crippen molar-refractivity contribution in [3.8, 4) is 5.75 Å². The second-order valence-electron chi connectivity index (χ2n) is 9.73. The highest BCUT2D eigenvalue weighted by Crippen LogP contribution is 2.47. The predicted molar refractivity (Wildman–Crippen MR) is 114 cm³/mol. The summed E-state index contributed by atoms with van der Waals surface area (Å²) in [5.41, 5.74) is -1.73. The summed E-state index contributed by atoms with van der Waals surface area (Å²) in [4.78, 5) is 51.9. The second kappa shape index (κ2) is 7.88. The van der Waals surface area contributed by atoms with E-state index < -0.39 is 35.0 Å². The van der Waals surface area contributed by atoms with Gasteiger partial charge < -0.3 is 20.1 Å². The number of fused-ring (bicyclic) bond motifs is 1. The number of hydrogen-bond acceptors (Lipinski definition) is 6. The number of piperidine rings is 2. The smallest absolute Gasteiger partial charge is 0.410 e. The van der Waals surface area contributed by atoms with E-state index in [0.29, 0.717) is 18.7 Å². The molecule has 2 atom stereocenters. The molecule has 0 saturated carbocycles.